The SMILES string of the molecule is CCC(CO)N(CCC(=O)OC)C(=O)C12CC3CC(CC(C3)C1)C2. The number of hydrogen-bond acceptors (Lipinski definition) is 4. The number of amides is 1. The van der Waals surface area contributed by atoms with Crippen molar-refractivity contribution in [2.75, 3.05) is 20.3 Å². The Morgan fingerprint density at radius 3 is 2.12 bits per heavy atom. The molecule has 4 aliphatic rings. The maximum Gasteiger partial charge on any atom is 0.307 e. The monoisotopic (exact) mass is 337 g/mol. The van der Waals surface area contributed by atoms with E-state index in [2.05, 4.69) is 0 Å². The number of ether oxygens (including phenoxy) is 1. The van der Waals surface area contributed by atoms with Gasteiger partial charge in [0.25, 0.3) is 0 Å². The van der Waals surface area contributed by atoms with Crippen molar-refractivity contribution in [3.63, 3.8) is 0 Å². The molecule has 1 unspecified atom stereocenters. The smallest absolute Gasteiger partial charge is 0.307 e. The molecule has 0 aromatic heterocycles. The van der Waals surface area contributed by atoms with Crippen LogP contribution in [0.4, 0.5) is 0 Å². The summed E-state index contributed by atoms with van der Waals surface area (Å²) in [6, 6.07) is -0.199. The van der Waals surface area contributed by atoms with E-state index >= 15 is 0 Å². The summed E-state index contributed by atoms with van der Waals surface area (Å²) in [7, 11) is 1.37. The van der Waals surface area contributed by atoms with Crippen LogP contribution in [0.1, 0.15) is 58.3 Å². The van der Waals surface area contributed by atoms with Gasteiger partial charge in [0.05, 0.1) is 31.6 Å². The van der Waals surface area contributed by atoms with Gasteiger partial charge in [-0.1, -0.05) is 6.92 Å². The van der Waals surface area contributed by atoms with E-state index < -0.39 is 0 Å². The van der Waals surface area contributed by atoms with Gasteiger partial charge in [-0.3, -0.25) is 9.59 Å². The molecule has 0 aliphatic heterocycles. The lowest BCUT2D eigenvalue weighted by Crippen LogP contribution is -2.57. The minimum absolute atomic E-state index is 0.0459. The quantitative estimate of drug-likeness (QED) is 0.724. The highest BCUT2D eigenvalue weighted by Gasteiger charge is 2.56. The Labute approximate surface area is 144 Å². The van der Waals surface area contributed by atoms with E-state index in [4.69, 9.17) is 4.74 Å². The average molecular weight is 337 g/mol. The molecular weight excluding hydrogens is 306 g/mol. The molecule has 0 aromatic rings. The van der Waals surface area contributed by atoms with E-state index in [-0.39, 0.29) is 36.4 Å². The van der Waals surface area contributed by atoms with Gasteiger partial charge in [0.2, 0.25) is 5.91 Å². The Bertz CT molecular complexity index is 450. The molecule has 4 fully saturated rings. The van der Waals surface area contributed by atoms with Gasteiger partial charge in [0.1, 0.15) is 0 Å². The fourth-order valence-electron chi connectivity index (χ4n) is 5.89. The van der Waals surface area contributed by atoms with Crippen molar-refractivity contribution in [2.45, 2.75) is 64.3 Å². The Kier molecular flexibility index (Phi) is 5.19. The average Bonchev–Trinajstić information content (AvgIpc) is 2.56. The molecule has 4 bridgehead atoms. The summed E-state index contributed by atoms with van der Waals surface area (Å²) in [6.45, 7) is 2.29. The van der Waals surface area contributed by atoms with Gasteiger partial charge in [-0.2, -0.15) is 0 Å². The minimum Gasteiger partial charge on any atom is -0.469 e. The molecule has 0 spiro atoms. The molecule has 0 aromatic carbocycles. The third-order valence-corrected chi connectivity index (χ3v) is 6.66. The second kappa shape index (κ2) is 7.03. The summed E-state index contributed by atoms with van der Waals surface area (Å²) in [4.78, 5) is 26.9. The van der Waals surface area contributed by atoms with Crippen LogP contribution in [0, 0.1) is 23.2 Å². The van der Waals surface area contributed by atoms with Crippen molar-refractivity contribution in [3.05, 3.63) is 0 Å². The lowest BCUT2D eigenvalue weighted by Gasteiger charge is -2.57. The normalized spacial score (nSPS) is 34.9. The zero-order valence-corrected chi connectivity index (χ0v) is 15.0. The van der Waals surface area contributed by atoms with Gasteiger partial charge in [-0.25, -0.2) is 0 Å². The summed E-state index contributed by atoms with van der Waals surface area (Å²) in [6.07, 6.45) is 7.82. The Balaban J connectivity index is 1.78. The number of hydrogen-bond donors (Lipinski definition) is 1. The van der Waals surface area contributed by atoms with Crippen LogP contribution in [0.5, 0.6) is 0 Å². The maximum absolute atomic E-state index is 13.5. The molecule has 5 nitrogen and oxygen atoms in total. The number of methoxy groups -OCH3 is 1. The number of rotatable bonds is 7. The summed E-state index contributed by atoms with van der Waals surface area (Å²) < 4.78 is 4.74. The molecule has 4 rings (SSSR count). The molecule has 1 atom stereocenters. The highest BCUT2D eigenvalue weighted by Crippen LogP contribution is 2.60. The largest absolute Gasteiger partial charge is 0.469 e. The lowest BCUT2D eigenvalue weighted by molar-refractivity contribution is -0.161. The molecule has 136 valence electrons. The van der Waals surface area contributed by atoms with Crippen LogP contribution in [-0.2, 0) is 14.3 Å². The van der Waals surface area contributed by atoms with Crippen LogP contribution in [0.15, 0.2) is 0 Å². The first-order chi connectivity index (χ1) is 11.5. The van der Waals surface area contributed by atoms with E-state index in [1.54, 1.807) is 4.90 Å². The van der Waals surface area contributed by atoms with Crippen molar-refractivity contribution in [1.29, 1.82) is 0 Å². The number of carbonyl (C=O) groups excluding carboxylic acids is 2. The fourth-order valence-corrected chi connectivity index (χ4v) is 5.89. The van der Waals surface area contributed by atoms with E-state index in [0.29, 0.717) is 30.7 Å². The van der Waals surface area contributed by atoms with Crippen LogP contribution >= 0.6 is 0 Å². The molecule has 1 amide bonds. The van der Waals surface area contributed by atoms with E-state index in [9.17, 15) is 14.7 Å². The topological polar surface area (TPSA) is 66.8 Å². The van der Waals surface area contributed by atoms with Crippen LogP contribution < -0.4 is 0 Å². The highest BCUT2D eigenvalue weighted by molar-refractivity contribution is 5.84. The number of carbonyl (C=O) groups is 2. The highest BCUT2D eigenvalue weighted by atomic mass is 16.5. The van der Waals surface area contributed by atoms with E-state index in [1.165, 1.54) is 26.4 Å². The molecule has 4 aliphatic carbocycles. The minimum atomic E-state index is -0.300. The first kappa shape index (κ1) is 17.7. The van der Waals surface area contributed by atoms with Crippen molar-refractivity contribution < 1.29 is 19.4 Å². The second-order valence-electron chi connectivity index (χ2n) is 8.27. The number of esters is 1. The van der Waals surface area contributed by atoms with Crippen molar-refractivity contribution >= 4 is 11.9 Å². The first-order valence-electron chi connectivity index (χ1n) is 9.50. The molecule has 5 heteroatoms. The van der Waals surface area contributed by atoms with Crippen molar-refractivity contribution in [1.82, 2.24) is 4.90 Å². The number of nitrogens with zero attached hydrogens (tertiary/aromatic N) is 1. The summed E-state index contributed by atoms with van der Waals surface area (Å²) in [5.41, 5.74) is -0.229. The summed E-state index contributed by atoms with van der Waals surface area (Å²) in [5.74, 6) is 2.00. The van der Waals surface area contributed by atoms with Gasteiger partial charge in [0.15, 0.2) is 0 Å². The predicted molar refractivity (Wildman–Crippen MR) is 90.1 cm³/mol. The summed E-state index contributed by atoms with van der Waals surface area (Å²) >= 11 is 0. The van der Waals surface area contributed by atoms with Gasteiger partial charge < -0.3 is 14.7 Å². The number of aliphatic hydroxyl groups is 1. The van der Waals surface area contributed by atoms with Gasteiger partial charge >= 0.3 is 5.97 Å². The zero-order valence-electron chi connectivity index (χ0n) is 15.0. The molecule has 1 N–H and O–H groups in total. The van der Waals surface area contributed by atoms with Crippen molar-refractivity contribution in [2.24, 2.45) is 23.2 Å². The molecule has 4 saturated carbocycles. The van der Waals surface area contributed by atoms with Gasteiger partial charge in [0, 0.05) is 6.54 Å². The van der Waals surface area contributed by atoms with E-state index in [1.807, 2.05) is 6.92 Å². The third-order valence-electron chi connectivity index (χ3n) is 6.66. The van der Waals surface area contributed by atoms with Gasteiger partial charge in [-0.05, 0) is 62.7 Å². The first-order valence-corrected chi connectivity index (χ1v) is 9.50. The Morgan fingerprint density at radius 1 is 1.17 bits per heavy atom. The molecule has 0 radical (unpaired) electrons. The zero-order chi connectivity index (χ0) is 17.3. The molecule has 24 heavy (non-hydrogen) atoms. The summed E-state index contributed by atoms with van der Waals surface area (Å²) in [5, 5.41) is 9.74. The van der Waals surface area contributed by atoms with Gasteiger partial charge in [-0.15, -0.1) is 0 Å². The lowest BCUT2D eigenvalue weighted by atomic mass is 9.49. The Hall–Kier alpha value is -1.10. The predicted octanol–water partition coefficient (Wildman–Crippen LogP) is 2.37. The molecule has 0 saturated heterocycles. The molecule has 0 heterocycles. The fraction of sp³-hybridized carbons (Fsp3) is 0.895. The standard InChI is InChI=1S/C19H31NO4/c1-3-16(12-21)20(5-4-17(22)24-2)18(23)19-9-13-6-14(10-19)8-15(7-13)11-19/h13-16,21H,3-12H2,1-2H3. The van der Waals surface area contributed by atoms with Crippen molar-refractivity contribution in [3.8, 4) is 0 Å². The molecular formula is C19H31NO4. The van der Waals surface area contributed by atoms with Crippen LogP contribution in [0.3, 0.4) is 0 Å². The Morgan fingerprint density at radius 2 is 1.71 bits per heavy atom. The maximum atomic E-state index is 13.5. The van der Waals surface area contributed by atoms with Crippen LogP contribution in [-0.4, -0.2) is 48.2 Å². The third kappa shape index (κ3) is 3.19. The van der Waals surface area contributed by atoms with E-state index in [0.717, 1.165) is 19.3 Å². The van der Waals surface area contributed by atoms with Crippen LogP contribution in [0.2, 0.25) is 0 Å². The number of aliphatic hydroxyl groups excluding tert-OH is 1. The van der Waals surface area contributed by atoms with Crippen LogP contribution in [0.25, 0.3) is 0 Å². The second-order valence-corrected chi connectivity index (χ2v) is 8.27.